The Hall–Kier alpha value is -6.00. The van der Waals surface area contributed by atoms with E-state index in [1.165, 1.54) is 0 Å². The maximum absolute atomic E-state index is 14.7. The zero-order chi connectivity index (χ0) is 52.4. The molecule has 2 saturated heterocycles. The number of H-pyrrole nitrogens is 1. The summed E-state index contributed by atoms with van der Waals surface area (Å²) >= 11 is 0. The number of amides is 2. The van der Waals surface area contributed by atoms with Crippen LogP contribution >= 0.6 is 12.4 Å². The van der Waals surface area contributed by atoms with Crippen molar-refractivity contribution in [3.63, 3.8) is 0 Å². The first-order valence-corrected chi connectivity index (χ1v) is 26.3. The van der Waals surface area contributed by atoms with Crippen LogP contribution in [-0.2, 0) is 30.2 Å². The standard InChI is InChI=1S/C51H78N18O5.ClH/c1-6-25-72-27-29-74-30-28-73-26-16-55-49-57-50(66-21-17-64(18-22-66)47(70)44(14-10-11-15-52)68-34-42(60-62-68)40(53)31-36(3)4)59-51(58-49)67-23-19-65(20-24-67)48(71)45(33-39-32-38-12-8-9-13-41(38)56-39)69-35-43(61-63-69)46(54)37(5)7-2;/h1,8-9,12-13,32,34-37,40,44-46,56H,7,10-11,14-31,33,52-54H2,2-5H3,(H,55,57,58,59);1H/t37?,40-,44-,45+,46-;/m0./s1. The van der Waals surface area contributed by atoms with Crippen LogP contribution in [-0.4, -0.2) is 177 Å². The van der Waals surface area contributed by atoms with Gasteiger partial charge in [-0.3, -0.25) is 9.59 Å². The zero-order valence-corrected chi connectivity index (χ0v) is 45.0. The summed E-state index contributed by atoms with van der Waals surface area (Å²) in [4.78, 5) is 55.2. The number of ether oxygens (including phenoxy) is 3. The lowest BCUT2D eigenvalue weighted by molar-refractivity contribution is -0.136. The number of terminal acetylenes is 1. The molecule has 0 saturated carbocycles. The molecule has 0 aliphatic carbocycles. The van der Waals surface area contributed by atoms with E-state index in [0.29, 0.717) is 146 Å². The van der Waals surface area contributed by atoms with E-state index in [1.54, 1.807) is 9.36 Å². The smallest absolute Gasteiger partial charge is 0.248 e. The minimum Gasteiger partial charge on any atom is -0.377 e. The maximum Gasteiger partial charge on any atom is 0.248 e. The number of hydrogen-bond donors (Lipinski definition) is 5. The van der Waals surface area contributed by atoms with Crippen LogP contribution < -0.4 is 32.3 Å². The average Bonchev–Trinajstić information content (AvgIpc) is 4.21. The second-order valence-electron chi connectivity index (χ2n) is 19.6. The summed E-state index contributed by atoms with van der Waals surface area (Å²) in [6.45, 7) is 15.4. The summed E-state index contributed by atoms with van der Waals surface area (Å²) in [6, 6.07) is 8.40. The summed E-state index contributed by atoms with van der Waals surface area (Å²) in [7, 11) is 0. The number of unbranched alkanes of at least 4 members (excludes halogenated alkanes) is 1. The first-order chi connectivity index (χ1) is 36.0. The number of halogens is 1. The van der Waals surface area contributed by atoms with E-state index in [1.807, 2.05) is 40.4 Å². The number of piperazine rings is 2. The molecule has 4 aromatic heterocycles. The molecule has 2 aliphatic rings. The van der Waals surface area contributed by atoms with Gasteiger partial charge in [-0.05, 0) is 61.6 Å². The number of nitrogens with two attached hydrogens (primary N) is 3. The molecule has 2 aliphatic heterocycles. The fraction of sp³-hybridized carbons (Fsp3) is 0.627. The maximum atomic E-state index is 14.7. The fourth-order valence-electron chi connectivity index (χ4n) is 9.18. The van der Waals surface area contributed by atoms with Crippen molar-refractivity contribution in [2.45, 2.75) is 90.4 Å². The molecule has 7 rings (SSSR count). The zero-order valence-electron chi connectivity index (χ0n) is 44.1. The number of anilines is 3. The van der Waals surface area contributed by atoms with Gasteiger partial charge in [0, 0.05) is 76.5 Å². The molecule has 5 aromatic rings. The van der Waals surface area contributed by atoms with Gasteiger partial charge in [0.15, 0.2) is 0 Å². The van der Waals surface area contributed by atoms with Gasteiger partial charge >= 0.3 is 0 Å². The van der Waals surface area contributed by atoms with Gasteiger partial charge in [0.25, 0.3) is 0 Å². The molecule has 75 heavy (non-hydrogen) atoms. The van der Waals surface area contributed by atoms with E-state index >= 15 is 0 Å². The predicted molar refractivity (Wildman–Crippen MR) is 290 cm³/mol. The number of fused-ring (bicyclic) bond motifs is 1. The summed E-state index contributed by atoms with van der Waals surface area (Å²) in [5.41, 5.74) is 22.2. The Morgan fingerprint density at radius 1 is 0.787 bits per heavy atom. The highest BCUT2D eigenvalue weighted by atomic mass is 35.5. The molecule has 1 aromatic carbocycles. The van der Waals surface area contributed by atoms with Crippen molar-refractivity contribution in [3.05, 3.63) is 59.8 Å². The van der Waals surface area contributed by atoms with E-state index in [-0.39, 0.29) is 48.8 Å². The number of aromatic nitrogens is 10. The van der Waals surface area contributed by atoms with Crippen LogP contribution in [0, 0.1) is 24.2 Å². The number of carbonyl (C=O) groups is 2. The fourth-order valence-corrected chi connectivity index (χ4v) is 9.18. The molecular weight excluding hydrogens is 980 g/mol. The van der Waals surface area contributed by atoms with Gasteiger partial charge in [0.1, 0.15) is 18.7 Å². The number of carbonyl (C=O) groups excluding carboxylic acids is 2. The van der Waals surface area contributed by atoms with Crippen LogP contribution in [0.5, 0.6) is 0 Å². The van der Waals surface area contributed by atoms with Gasteiger partial charge in [-0.1, -0.05) is 68.7 Å². The lowest BCUT2D eigenvalue weighted by Gasteiger charge is -2.38. The number of nitrogens with zero attached hydrogens (tertiary/aromatic N) is 13. The SMILES string of the molecule is C#CCOCCOCCOCCNc1nc(N2CCN(C(=O)[C@@H](Cc3cc4ccccc4[nH]3)n3cc([C@@H](N)C(C)CC)nn3)CC2)nc(N2CCN(C(=O)[C@H](CCCCN)n3cc([C@@H](N)CC(C)C)nn3)CC2)n1.Cl. The number of benzene rings is 1. The summed E-state index contributed by atoms with van der Waals surface area (Å²) < 4.78 is 20.0. The van der Waals surface area contributed by atoms with Crippen molar-refractivity contribution in [2.75, 3.05) is 120 Å². The van der Waals surface area contributed by atoms with Crippen LogP contribution in [0.15, 0.2) is 42.7 Å². The molecule has 2 fully saturated rings. The largest absolute Gasteiger partial charge is 0.377 e. The van der Waals surface area contributed by atoms with Crippen molar-refractivity contribution >= 4 is 53.0 Å². The Morgan fingerprint density at radius 3 is 1.99 bits per heavy atom. The molecule has 5 atom stereocenters. The number of nitrogens with one attached hydrogen (secondary N) is 2. The van der Waals surface area contributed by atoms with E-state index in [9.17, 15) is 9.59 Å². The summed E-state index contributed by atoms with van der Waals surface area (Å²) in [5, 5.41) is 22.1. The molecule has 410 valence electrons. The Bertz CT molecular complexity index is 2520. The number of aromatic amines is 1. The van der Waals surface area contributed by atoms with Crippen LogP contribution in [0.4, 0.5) is 17.8 Å². The van der Waals surface area contributed by atoms with Crippen molar-refractivity contribution in [1.82, 2.24) is 59.7 Å². The number of para-hydroxylation sites is 1. The van der Waals surface area contributed by atoms with Gasteiger partial charge in [0.2, 0.25) is 29.7 Å². The molecule has 0 radical (unpaired) electrons. The Morgan fingerprint density at radius 2 is 1.37 bits per heavy atom. The molecule has 6 heterocycles. The van der Waals surface area contributed by atoms with Crippen molar-refractivity contribution in [3.8, 4) is 12.3 Å². The van der Waals surface area contributed by atoms with Crippen LogP contribution in [0.1, 0.15) is 101 Å². The number of hydrogen-bond acceptors (Lipinski definition) is 18. The van der Waals surface area contributed by atoms with Crippen LogP contribution in [0.2, 0.25) is 0 Å². The predicted octanol–water partition coefficient (Wildman–Crippen LogP) is 3.30. The third kappa shape index (κ3) is 16.3. The molecular formula is C51H79ClN18O5. The molecule has 23 nitrogen and oxygen atoms in total. The molecule has 8 N–H and O–H groups in total. The van der Waals surface area contributed by atoms with Crippen LogP contribution in [0.3, 0.4) is 0 Å². The first-order valence-electron chi connectivity index (χ1n) is 26.3. The second-order valence-corrected chi connectivity index (χ2v) is 19.6. The quantitative estimate of drug-likeness (QED) is 0.0339. The van der Waals surface area contributed by atoms with Gasteiger partial charge in [-0.15, -0.1) is 29.0 Å². The topological polar surface area (TPSA) is 281 Å². The molecule has 0 bridgehead atoms. The van der Waals surface area contributed by atoms with E-state index in [4.69, 9.17) is 52.8 Å². The summed E-state index contributed by atoms with van der Waals surface area (Å²) in [5.74, 6) is 4.30. The van der Waals surface area contributed by atoms with Crippen molar-refractivity contribution < 1.29 is 23.8 Å². The third-order valence-electron chi connectivity index (χ3n) is 13.7. The van der Waals surface area contributed by atoms with Gasteiger partial charge in [-0.2, -0.15) is 15.0 Å². The highest BCUT2D eigenvalue weighted by Crippen LogP contribution is 2.27. The third-order valence-corrected chi connectivity index (χ3v) is 13.7. The minimum absolute atomic E-state index is 0. The Balaban J connectivity index is 0.00000914. The van der Waals surface area contributed by atoms with E-state index in [2.05, 4.69) is 86.5 Å². The van der Waals surface area contributed by atoms with Crippen LogP contribution in [0.25, 0.3) is 10.9 Å². The van der Waals surface area contributed by atoms with Crippen molar-refractivity contribution in [1.29, 1.82) is 0 Å². The normalized spacial score (nSPS) is 16.1. The molecule has 1 unspecified atom stereocenters. The lowest BCUT2D eigenvalue weighted by atomic mass is 9.98. The van der Waals surface area contributed by atoms with Crippen molar-refractivity contribution in [2.24, 2.45) is 29.0 Å². The highest BCUT2D eigenvalue weighted by molar-refractivity contribution is 5.85. The monoisotopic (exact) mass is 1060 g/mol. The second kappa shape index (κ2) is 29.3. The van der Waals surface area contributed by atoms with Gasteiger partial charge in [-0.25, -0.2) is 9.36 Å². The first kappa shape index (κ1) is 58.3. The average molecular weight is 1060 g/mol. The van der Waals surface area contributed by atoms with E-state index < -0.39 is 12.1 Å². The molecule has 24 heteroatoms. The molecule has 2 amide bonds. The number of rotatable bonds is 29. The lowest BCUT2D eigenvalue weighted by Crippen LogP contribution is -2.52. The van der Waals surface area contributed by atoms with Gasteiger partial charge in [0.05, 0.1) is 68.9 Å². The Labute approximate surface area is 446 Å². The Kier molecular flexibility index (Phi) is 22.8. The highest BCUT2D eigenvalue weighted by Gasteiger charge is 2.34. The van der Waals surface area contributed by atoms with E-state index in [0.717, 1.165) is 42.3 Å². The van der Waals surface area contributed by atoms with Gasteiger partial charge < -0.3 is 61.3 Å². The summed E-state index contributed by atoms with van der Waals surface area (Å²) in [6.07, 6.45) is 13.1. The minimum atomic E-state index is -0.658. The molecule has 0 spiro atoms.